The van der Waals surface area contributed by atoms with E-state index < -0.39 is 0 Å². The minimum absolute atomic E-state index is 0.181. The van der Waals surface area contributed by atoms with Gasteiger partial charge >= 0.3 is 77.1 Å². The van der Waals surface area contributed by atoms with Crippen LogP contribution in [0.15, 0.2) is 24.3 Å². The van der Waals surface area contributed by atoms with Gasteiger partial charge in [-0.15, -0.1) is 0 Å². The normalized spacial score (nSPS) is 9.09. The molecule has 1 rings (SSSR count). The summed E-state index contributed by atoms with van der Waals surface area (Å²) in [5, 5.41) is 8.52. The summed E-state index contributed by atoms with van der Waals surface area (Å²) < 4.78 is 1.23. The SMILES string of the molecule is C[Te]Cc1ccc(C#N)cc1. The van der Waals surface area contributed by atoms with E-state index in [4.69, 9.17) is 5.26 Å². The molecule has 0 aliphatic carbocycles. The summed E-state index contributed by atoms with van der Waals surface area (Å²) in [6.07, 6.45) is 0. The van der Waals surface area contributed by atoms with Crippen molar-refractivity contribution in [2.24, 2.45) is 0 Å². The van der Waals surface area contributed by atoms with E-state index in [2.05, 4.69) is 11.0 Å². The maximum absolute atomic E-state index is 8.52. The van der Waals surface area contributed by atoms with Crippen LogP contribution in [0, 0.1) is 11.3 Å². The average Bonchev–Trinajstić information content (AvgIpc) is 2.07. The Morgan fingerprint density at radius 1 is 1.36 bits per heavy atom. The first-order valence-electron chi connectivity index (χ1n) is 3.35. The van der Waals surface area contributed by atoms with Crippen LogP contribution in [0.2, 0.25) is 4.97 Å². The van der Waals surface area contributed by atoms with Crippen LogP contribution in [0.5, 0.6) is 0 Å². The van der Waals surface area contributed by atoms with Gasteiger partial charge in [0.1, 0.15) is 0 Å². The van der Waals surface area contributed by atoms with Gasteiger partial charge in [0.25, 0.3) is 0 Å². The zero-order valence-electron chi connectivity index (χ0n) is 6.37. The van der Waals surface area contributed by atoms with E-state index in [1.54, 1.807) is 0 Å². The van der Waals surface area contributed by atoms with Crippen molar-refractivity contribution in [2.75, 3.05) is 0 Å². The molecule has 0 N–H and O–H groups in total. The predicted octanol–water partition coefficient (Wildman–Crippen LogP) is 1.81. The van der Waals surface area contributed by atoms with Gasteiger partial charge in [-0.1, -0.05) is 0 Å². The van der Waals surface area contributed by atoms with Crippen molar-refractivity contribution in [3.63, 3.8) is 0 Å². The van der Waals surface area contributed by atoms with Crippen LogP contribution in [0.25, 0.3) is 0 Å². The molecule has 0 heterocycles. The third kappa shape index (κ3) is 2.54. The molecule has 0 aromatic heterocycles. The summed E-state index contributed by atoms with van der Waals surface area (Å²) in [5.74, 6) is 0. The summed E-state index contributed by atoms with van der Waals surface area (Å²) in [6, 6.07) is 9.98. The quantitative estimate of drug-likeness (QED) is 0.743. The third-order valence-electron chi connectivity index (χ3n) is 1.39. The molecule has 0 saturated carbocycles. The summed E-state index contributed by atoms with van der Waals surface area (Å²) in [7, 11) is 0. The zero-order chi connectivity index (χ0) is 8.10. The van der Waals surface area contributed by atoms with Crippen LogP contribution in [0.1, 0.15) is 11.1 Å². The van der Waals surface area contributed by atoms with Crippen molar-refractivity contribution in [1.29, 1.82) is 5.26 Å². The van der Waals surface area contributed by atoms with E-state index in [0.29, 0.717) is 0 Å². The van der Waals surface area contributed by atoms with Gasteiger partial charge in [0.2, 0.25) is 0 Å². The van der Waals surface area contributed by atoms with Gasteiger partial charge < -0.3 is 0 Å². The molecule has 1 aromatic rings. The van der Waals surface area contributed by atoms with Crippen molar-refractivity contribution in [3.05, 3.63) is 35.4 Å². The molecule has 0 bridgehead atoms. The number of nitriles is 1. The van der Waals surface area contributed by atoms with Crippen molar-refractivity contribution in [2.45, 2.75) is 9.44 Å². The van der Waals surface area contributed by atoms with E-state index >= 15 is 0 Å². The number of hydrogen-bond donors (Lipinski definition) is 0. The molecule has 0 aliphatic rings. The Balaban J connectivity index is 2.76. The molecule has 1 aromatic carbocycles. The van der Waals surface area contributed by atoms with E-state index in [9.17, 15) is 0 Å². The van der Waals surface area contributed by atoms with Crippen LogP contribution >= 0.6 is 0 Å². The molecule has 2 heteroatoms. The molecule has 0 fully saturated rings. The van der Waals surface area contributed by atoms with Crippen LogP contribution < -0.4 is 0 Å². The fourth-order valence-corrected chi connectivity index (χ4v) is 2.34. The topological polar surface area (TPSA) is 23.8 Å². The number of nitrogens with zero attached hydrogens (tertiary/aromatic N) is 1. The van der Waals surface area contributed by atoms with Gasteiger partial charge in [-0.25, -0.2) is 0 Å². The molecule has 0 unspecified atom stereocenters. The number of hydrogen-bond acceptors (Lipinski definition) is 1. The maximum atomic E-state index is 8.52. The molecular weight excluding hydrogens is 250 g/mol. The molecule has 0 saturated heterocycles. The van der Waals surface area contributed by atoms with Gasteiger partial charge in [0, 0.05) is 0 Å². The second-order valence-electron chi connectivity index (χ2n) is 2.24. The number of rotatable bonds is 2. The Morgan fingerprint density at radius 3 is 2.45 bits per heavy atom. The van der Waals surface area contributed by atoms with E-state index in [1.807, 2.05) is 24.3 Å². The Kier molecular flexibility index (Phi) is 3.43. The second kappa shape index (κ2) is 4.39. The Hall–Kier alpha value is -0.500. The fraction of sp³-hybridized carbons (Fsp3) is 0.222. The van der Waals surface area contributed by atoms with Crippen LogP contribution in [0.4, 0.5) is 0 Å². The second-order valence-corrected chi connectivity index (χ2v) is 4.71. The van der Waals surface area contributed by atoms with E-state index in [0.717, 1.165) is 5.56 Å². The predicted molar refractivity (Wildman–Crippen MR) is 46.5 cm³/mol. The van der Waals surface area contributed by atoms with Gasteiger partial charge in [0.05, 0.1) is 0 Å². The van der Waals surface area contributed by atoms with Gasteiger partial charge in [-0.2, -0.15) is 0 Å². The first kappa shape index (κ1) is 8.59. The Labute approximate surface area is 77.1 Å². The fourth-order valence-electron chi connectivity index (χ4n) is 0.842. The van der Waals surface area contributed by atoms with Crippen LogP contribution in [0.3, 0.4) is 0 Å². The molecule has 0 amide bonds. The molecule has 0 radical (unpaired) electrons. The van der Waals surface area contributed by atoms with Gasteiger partial charge in [0.15, 0.2) is 0 Å². The van der Waals surface area contributed by atoms with Gasteiger partial charge in [-0.05, 0) is 0 Å². The summed E-state index contributed by atoms with van der Waals surface area (Å²) >= 11 is 0.181. The van der Waals surface area contributed by atoms with Crippen molar-refractivity contribution >= 4 is 20.9 Å². The van der Waals surface area contributed by atoms with E-state index in [1.165, 1.54) is 10.0 Å². The average molecular weight is 259 g/mol. The van der Waals surface area contributed by atoms with Crippen LogP contribution in [-0.4, -0.2) is 20.9 Å². The monoisotopic (exact) mass is 261 g/mol. The molecule has 0 aliphatic heterocycles. The first-order chi connectivity index (χ1) is 5.36. The summed E-state index contributed by atoms with van der Waals surface area (Å²) in [4.78, 5) is 2.28. The molecule has 56 valence electrons. The zero-order valence-corrected chi connectivity index (χ0v) is 8.70. The standard InChI is InChI=1S/C9H9NTe/c1-11-7-9-4-2-8(6-10)3-5-9/h2-5H,7H2,1H3. The van der Waals surface area contributed by atoms with Crippen molar-refractivity contribution in [3.8, 4) is 6.07 Å². The third-order valence-corrected chi connectivity index (χ3v) is 3.17. The molecule has 11 heavy (non-hydrogen) atoms. The summed E-state index contributed by atoms with van der Waals surface area (Å²) in [6.45, 7) is 0. The Morgan fingerprint density at radius 2 is 2.00 bits per heavy atom. The van der Waals surface area contributed by atoms with Crippen LogP contribution in [-0.2, 0) is 4.47 Å². The first-order valence-corrected chi connectivity index (χ1v) is 7.32. The van der Waals surface area contributed by atoms with Gasteiger partial charge in [-0.3, -0.25) is 0 Å². The Bertz CT molecular complexity index is 258. The minimum atomic E-state index is 0.181. The summed E-state index contributed by atoms with van der Waals surface area (Å²) in [5.41, 5.74) is 2.12. The molecule has 0 atom stereocenters. The van der Waals surface area contributed by atoms with Crippen molar-refractivity contribution < 1.29 is 0 Å². The number of benzene rings is 1. The van der Waals surface area contributed by atoms with E-state index in [-0.39, 0.29) is 20.9 Å². The molecule has 1 nitrogen and oxygen atoms in total. The van der Waals surface area contributed by atoms with Crippen molar-refractivity contribution in [1.82, 2.24) is 0 Å². The molecule has 0 spiro atoms. The molecular formula is C9H9NTe.